The fourth-order valence-electron chi connectivity index (χ4n) is 3.96. The van der Waals surface area contributed by atoms with Gasteiger partial charge in [-0.25, -0.2) is 4.79 Å². The second kappa shape index (κ2) is 9.75. The third kappa shape index (κ3) is 6.28. The van der Waals surface area contributed by atoms with Gasteiger partial charge in [-0.15, -0.1) is 0 Å². The van der Waals surface area contributed by atoms with E-state index < -0.39 is 5.97 Å². The first kappa shape index (κ1) is 26.7. The van der Waals surface area contributed by atoms with E-state index in [9.17, 15) is 9.90 Å². The summed E-state index contributed by atoms with van der Waals surface area (Å²) in [4.78, 5) is 12.3. The van der Waals surface area contributed by atoms with E-state index in [1.54, 1.807) is 0 Å². The molecular weight excluding hydrogens is 408 g/mol. The highest BCUT2D eigenvalue weighted by molar-refractivity contribution is 5.84. The van der Waals surface area contributed by atoms with E-state index >= 15 is 0 Å². The van der Waals surface area contributed by atoms with E-state index in [0.717, 1.165) is 22.3 Å². The molecule has 2 aromatic rings. The minimum atomic E-state index is -0.477. The van der Waals surface area contributed by atoms with Gasteiger partial charge in [-0.2, -0.15) is 0 Å². The number of benzene rings is 2. The van der Waals surface area contributed by atoms with E-state index in [2.05, 4.69) is 100 Å². The van der Waals surface area contributed by atoms with Gasteiger partial charge in [0.2, 0.25) is 0 Å². The number of ether oxygens (including phenoxy) is 1. The molecule has 0 spiro atoms. The van der Waals surface area contributed by atoms with Crippen LogP contribution in [0.25, 0.3) is 0 Å². The Hall–Kier alpha value is -2.55. The van der Waals surface area contributed by atoms with E-state index in [1.807, 2.05) is 0 Å². The molecule has 180 valence electrons. The third-order valence-corrected chi connectivity index (χ3v) is 6.10. The summed E-state index contributed by atoms with van der Waals surface area (Å²) in [6, 6.07) is 8.47. The third-order valence-electron chi connectivity index (χ3n) is 6.10. The molecule has 0 aliphatic rings. The number of esters is 1. The average Bonchev–Trinajstić information content (AvgIpc) is 2.68. The second-order valence-corrected chi connectivity index (χ2v) is 11.7. The molecule has 0 saturated carbocycles. The van der Waals surface area contributed by atoms with Gasteiger partial charge in [0.25, 0.3) is 0 Å². The summed E-state index contributed by atoms with van der Waals surface area (Å²) in [6.07, 6.45) is 1.67. The van der Waals surface area contributed by atoms with Crippen LogP contribution in [0.2, 0.25) is 0 Å². The Bertz CT molecular complexity index is 1030. The maximum atomic E-state index is 12.3. The van der Waals surface area contributed by atoms with Gasteiger partial charge in [0.1, 0.15) is 11.5 Å². The maximum absolute atomic E-state index is 12.3. The molecular formula is C30H42O3. The zero-order valence-corrected chi connectivity index (χ0v) is 22.2. The number of carbonyl (C=O) groups excluding carboxylic acids is 1. The normalized spacial score (nSPS) is 12.4. The molecule has 0 aliphatic carbocycles. The fraction of sp³-hybridized carbons (Fsp3) is 0.500. The molecule has 0 aromatic heterocycles. The first-order chi connectivity index (χ1) is 15.1. The largest absolute Gasteiger partial charge is 0.507 e. The lowest BCUT2D eigenvalue weighted by Gasteiger charge is -2.27. The minimum absolute atomic E-state index is 0.196. The Kier molecular flexibility index (Phi) is 7.89. The molecule has 3 nitrogen and oxygen atoms in total. The molecule has 0 radical (unpaired) electrons. The van der Waals surface area contributed by atoms with Gasteiger partial charge in [0.15, 0.2) is 0 Å². The van der Waals surface area contributed by atoms with Gasteiger partial charge in [0, 0.05) is 23.6 Å². The van der Waals surface area contributed by atoms with Crippen LogP contribution >= 0.6 is 0 Å². The van der Waals surface area contributed by atoms with Crippen LogP contribution in [0.4, 0.5) is 0 Å². The molecule has 2 rings (SSSR count). The van der Waals surface area contributed by atoms with Crippen molar-refractivity contribution in [3.05, 3.63) is 70.3 Å². The van der Waals surface area contributed by atoms with Crippen LogP contribution in [0, 0.1) is 0 Å². The van der Waals surface area contributed by atoms with Gasteiger partial charge in [0.05, 0.1) is 0 Å². The molecule has 0 saturated heterocycles. The minimum Gasteiger partial charge on any atom is -0.507 e. The van der Waals surface area contributed by atoms with Crippen LogP contribution in [0.15, 0.2) is 36.9 Å². The van der Waals surface area contributed by atoms with Crippen LogP contribution in [-0.4, -0.2) is 11.1 Å². The topological polar surface area (TPSA) is 46.5 Å². The quantitative estimate of drug-likeness (QED) is 0.276. The SMILES string of the molecule is C=CC(=O)Oc1c(Cc2cc(C(C)C)cc(C(C)(C)C)c2O)cc(C(C)C)cc1C(C)(C)C. The first-order valence-corrected chi connectivity index (χ1v) is 11.9. The summed E-state index contributed by atoms with van der Waals surface area (Å²) >= 11 is 0. The van der Waals surface area contributed by atoms with Crippen molar-refractivity contribution in [2.24, 2.45) is 0 Å². The molecule has 0 aliphatic heterocycles. The second-order valence-electron chi connectivity index (χ2n) is 11.7. The summed E-state index contributed by atoms with van der Waals surface area (Å²) in [5.41, 5.74) is 5.61. The number of hydrogen-bond donors (Lipinski definition) is 1. The molecule has 0 fully saturated rings. The summed E-state index contributed by atoms with van der Waals surface area (Å²) in [6.45, 7) is 24.9. The lowest BCUT2D eigenvalue weighted by Crippen LogP contribution is -2.18. The highest BCUT2D eigenvalue weighted by atomic mass is 16.5. The van der Waals surface area contributed by atoms with Gasteiger partial charge in [-0.3, -0.25) is 0 Å². The van der Waals surface area contributed by atoms with E-state index in [0.29, 0.717) is 29.8 Å². The zero-order chi connectivity index (χ0) is 25.3. The molecule has 0 amide bonds. The van der Waals surface area contributed by atoms with Crippen molar-refractivity contribution in [1.29, 1.82) is 0 Å². The van der Waals surface area contributed by atoms with Crippen LogP contribution in [0.5, 0.6) is 11.5 Å². The lowest BCUT2D eigenvalue weighted by molar-refractivity contribution is -0.129. The molecule has 1 N–H and O–H groups in total. The zero-order valence-electron chi connectivity index (χ0n) is 22.2. The summed E-state index contributed by atoms with van der Waals surface area (Å²) in [5, 5.41) is 11.3. The number of rotatable bonds is 6. The predicted molar refractivity (Wildman–Crippen MR) is 139 cm³/mol. The monoisotopic (exact) mass is 450 g/mol. The highest BCUT2D eigenvalue weighted by Crippen LogP contribution is 2.41. The molecule has 0 bridgehead atoms. The van der Waals surface area contributed by atoms with Gasteiger partial charge < -0.3 is 9.84 Å². The molecule has 3 heteroatoms. The van der Waals surface area contributed by atoms with Crippen molar-refractivity contribution in [1.82, 2.24) is 0 Å². The Morgan fingerprint density at radius 3 is 1.76 bits per heavy atom. The van der Waals surface area contributed by atoms with Crippen molar-refractivity contribution in [3.63, 3.8) is 0 Å². The number of phenolic OH excluding ortho intramolecular Hbond substituents is 1. The molecule has 0 unspecified atom stereocenters. The predicted octanol–water partition coefficient (Wildman–Crippen LogP) is 7.92. The number of phenols is 1. The Labute approximate surface area is 200 Å². The van der Waals surface area contributed by atoms with E-state index in [1.165, 1.54) is 17.2 Å². The van der Waals surface area contributed by atoms with Crippen molar-refractivity contribution >= 4 is 5.97 Å². The molecule has 2 aromatic carbocycles. The van der Waals surface area contributed by atoms with Gasteiger partial charge in [-0.05, 0) is 44.9 Å². The van der Waals surface area contributed by atoms with E-state index in [4.69, 9.17) is 4.74 Å². The smallest absolute Gasteiger partial charge is 0.335 e. The van der Waals surface area contributed by atoms with Gasteiger partial charge in [-0.1, -0.05) is 100 Å². The van der Waals surface area contributed by atoms with Crippen LogP contribution < -0.4 is 4.74 Å². The Morgan fingerprint density at radius 1 is 0.879 bits per heavy atom. The first-order valence-electron chi connectivity index (χ1n) is 11.9. The van der Waals surface area contributed by atoms with Crippen LogP contribution in [0.3, 0.4) is 0 Å². The van der Waals surface area contributed by atoms with Crippen molar-refractivity contribution in [2.75, 3.05) is 0 Å². The molecule has 33 heavy (non-hydrogen) atoms. The summed E-state index contributed by atoms with van der Waals surface area (Å²) in [5.74, 6) is 1.06. The number of carbonyl (C=O) groups is 1. The fourth-order valence-corrected chi connectivity index (χ4v) is 3.96. The molecule has 0 atom stereocenters. The Morgan fingerprint density at radius 2 is 1.33 bits per heavy atom. The number of hydrogen-bond acceptors (Lipinski definition) is 3. The maximum Gasteiger partial charge on any atom is 0.335 e. The summed E-state index contributed by atoms with van der Waals surface area (Å²) in [7, 11) is 0. The van der Waals surface area contributed by atoms with Gasteiger partial charge >= 0.3 is 5.97 Å². The van der Waals surface area contributed by atoms with Crippen molar-refractivity contribution in [3.8, 4) is 11.5 Å². The average molecular weight is 451 g/mol. The van der Waals surface area contributed by atoms with Crippen molar-refractivity contribution < 1.29 is 14.6 Å². The van der Waals surface area contributed by atoms with Crippen LogP contribution in [-0.2, 0) is 22.0 Å². The number of aromatic hydroxyl groups is 1. The van der Waals surface area contributed by atoms with Crippen molar-refractivity contribution in [2.45, 2.75) is 98.3 Å². The lowest BCUT2D eigenvalue weighted by atomic mass is 9.80. The highest BCUT2D eigenvalue weighted by Gasteiger charge is 2.27. The molecule has 0 heterocycles. The Balaban J connectivity index is 2.83. The summed E-state index contributed by atoms with van der Waals surface area (Å²) < 4.78 is 5.84. The van der Waals surface area contributed by atoms with E-state index in [-0.39, 0.29) is 10.8 Å². The standard InChI is InChI=1S/C30H42O3/c1-12-26(31)33-28-23(14-21(19(4)5)17-25(28)30(9,10)11)15-22-13-20(18(2)3)16-24(27(22)32)29(6,7)8/h12-14,16-19,32H,1,15H2,2-11H3. The van der Waals surface area contributed by atoms with Crippen LogP contribution in [0.1, 0.15) is 114 Å².